The SMILES string of the molecule is COC1C(OC(C)=O)CCC2(C)C3CCC4(C)CC(=O)CC4C3CCC12. The summed E-state index contributed by atoms with van der Waals surface area (Å²) in [6.45, 7) is 6.32. The van der Waals surface area contributed by atoms with Gasteiger partial charge in [0.05, 0.1) is 6.10 Å². The first-order valence-corrected chi connectivity index (χ1v) is 10.5. The van der Waals surface area contributed by atoms with Crippen LogP contribution in [0.1, 0.15) is 72.1 Å². The lowest BCUT2D eigenvalue weighted by Gasteiger charge is -2.61. The summed E-state index contributed by atoms with van der Waals surface area (Å²) in [6.07, 6.45) is 8.29. The van der Waals surface area contributed by atoms with Crippen LogP contribution in [0.4, 0.5) is 0 Å². The number of carbonyl (C=O) groups is 2. The monoisotopic (exact) mass is 362 g/mol. The third-order valence-corrected chi connectivity index (χ3v) is 8.83. The summed E-state index contributed by atoms with van der Waals surface area (Å²) < 4.78 is 11.5. The van der Waals surface area contributed by atoms with Gasteiger partial charge in [0.25, 0.3) is 0 Å². The summed E-state index contributed by atoms with van der Waals surface area (Å²) in [5.41, 5.74) is 0.490. The van der Waals surface area contributed by atoms with Gasteiger partial charge in [-0.15, -0.1) is 0 Å². The fraction of sp³-hybridized carbons (Fsp3) is 0.909. The van der Waals surface area contributed by atoms with E-state index in [0.717, 1.165) is 32.1 Å². The Labute approximate surface area is 157 Å². The van der Waals surface area contributed by atoms with E-state index < -0.39 is 0 Å². The van der Waals surface area contributed by atoms with E-state index in [0.29, 0.717) is 29.5 Å². The highest BCUT2D eigenvalue weighted by atomic mass is 16.6. The van der Waals surface area contributed by atoms with E-state index in [4.69, 9.17) is 9.47 Å². The minimum Gasteiger partial charge on any atom is -0.460 e. The molecule has 0 radical (unpaired) electrons. The predicted octanol–water partition coefficient (Wildman–Crippen LogP) is 4.15. The van der Waals surface area contributed by atoms with E-state index in [1.54, 1.807) is 7.11 Å². The molecule has 0 aromatic carbocycles. The Morgan fingerprint density at radius 1 is 1.04 bits per heavy atom. The highest BCUT2D eigenvalue weighted by molar-refractivity contribution is 5.82. The van der Waals surface area contributed by atoms with Gasteiger partial charge in [-0.25, -0.2) is 0 Å². The molecule has 4 aliphatic carbocycles. The van der Waals surface area contributed by atoms with Crippen LogP contribution in [0.3, 0.4) is 0 Å². The minimum absolute atomic E-state index is 0.0112. The molecule has 0 aromatic heterocycles. The second kappa shape index (κ2) is 6.32. The lowest BCUT2D eigenvalue weighted by Crippen LogP contribution is -2.58. The van der Waals surface area contributed by atoms with Crippen LogP contribution < -0.4 is 0 Å². The van der Waals surface area contributed by atoms with Gasteiger partial charge in [-0.3, -0.25) is 9.59 Å². The maximum atomic E-state index is 12.2. The van der Waals surface area contributed by atoms with Crippen LogP contribution in [0, 0.1) is 34.5 Å². The maximum absolute atomic E-state index is 12.2. The van der Waals surface area contributed by atoms with Crippen LogP contribution in [0.2, 0.25) is 0 Å². The van der Waals surface area contributed by atoms with Crippen LogP contribution in [0.15, 0.2) is 0 Å². The molecule has 0 N–H and O–H groups in total. The Morgan fingerprint density at radius 2 is 1.81 bits per heavy atom. The molecule has 0 spiro atoms. The second-order valence-electron chi connectivity index (χ2n) is 10.1. The lowest BCUT2D eigenvalue weighted by atomic mass is 9.45. The van der Waals surface area contributed by atoms with E-state index in [-0.39, 0.29) is 29.0 Å². The van der Waals surface area contributed by atoms with Crippen LogP contribution in [-0.4, -0.2) is 31.1 Å². The highest BCUT2D eigenvalue weighted by Crippen LogP contribution is 2.66. The average molecular weight is 363 g/mol. The van der Waals surface area contributed by atoms with Gasteiger partial charge in [-0.05, 0) is 73.0 Å². The summed E-state index contributed by atoms with van der Waals surface area (Å²) in [7, 11) is 1.77. The zero-order valence-electron chi connectivity index (χ0n) is 16.8. The van der Waals surface area contributed by atoms with E-state index in [1.165, 1.54) is 26.2 Å². The summed E-state index contributed by atoms with van der Waals surface area (Å²) >= 11 is 0. The van der Waals surface area contributed by atoms with Crippen molar-refractivity contribution in [1.82, 2.24) is 0 Å². The first-order chi connectivity index (χ1) is 12.3. The van der Waals surface area contributed by atoms with Crippen molar-refractivity contribution in [3.05, 3.63) is 0 Å². The molecule has 4 aliphatic rings. The van der Waals surface area contributed by atoms with Gasteiger partial charge >= 0.3 is 5.97 Å². The Morgan fingerprint density at radius 3 is 2.50 bits per heavy atom. The Hall–Kier alpha value is -0.900. The third-order valence-electron chi connectivity index (χ3n) is 8.83. The first-order valence-electron chi connectivity index (χ1n) is 10.5. The Bertz CT molecular complexity index is 601. The summed E-state index contributed by atoms with van der Waals surface area (Å²) in [4.78, 5) is 23.8. The van der Waals surface area contributed by atoms with Crippen LogP contribution in [0.25, 0.3) is 0 Å². The molecule has 4 fully saturated rings. The second-order valence-corrected chi connectivity index (χ2v) is 10.1. The quantitative estimate of drug-likeness (QED) is 0.692. The number of carbonyl (C=O) groups excluding carboxylic acids is 2. The molecule has 0 aromatic rings. The van der Waals surface area contributed by atoms with Crippen molar-refractivity contribution in [3.63, 3.8) is 0 Å². The standard InChI is InChI=1S/C22H34O4/c1-13(23)26-19-8-10-22(3)16-7-9-21(2)12-14(24)11-18(21)15(16)5-6-17(22)20(19)25-4/h15-20H,5-12H2,1-4H3. The normalized spacial score (nSPS) is 50.5. The number of ketones is 1. The largest absolute Gasteiger partial charge is 0.460 e. The minimum atomic E-state index is -0.202. The fourth-order valence-electron chi connectivity index (χ4n) is 7.71. The van der Waals surface area contributed by atoms with Gasteiger partial charge < -0.3 is 9.47 Å². The van der Waals surface area contributed by atoms with Crippen molar-refractivity contribution < 1.29 is 19.1 Å². The number of hydrogen-bond donors (Lipinski definition) is 0. The van der Waals surface area contributed by atoms with E-state index >= 15 is 0 Å². The molecule has 0 amide bonds. The van der Waals surface area contributed by atoms with Crippen molar-refractivity contribution in [2.45, 2.75) is 84.3 Å². The molecule has 146 valence electrons. The van der Waals surface area contributed by atoms with E-state index in [9.17, 15) is 9.59 Å². The van der Waals surface area contributed by atoms with Gasteiger partial charge in [0.15, 0.2) is 0 Å². The van der Waals surface area contributed by atoms with Crippen molar-refractivity contribution in [2.75, 3.05) is 7.11 Å². The molecule has 8 unspecified atom stereocenters. The summed E-state index contributed by atoms with van der Waals surface area (Å²) in [5, 5.41) is 0. The third kappa shape index (κ3) is 2.66. The molecule has 4 heteroatoms. The lowest BCUT2D eigenvalue weighted by molar-refractivity contribution is -0.195. The average Bonchev–Trinajstić information content (AvgIpc) is 2.88. The van der Waals surface area contributed by atoms with Crippen LogP contribution in [-0.2, 0) is 19.1 Å². The number of ether oxygens (including phenoxy) is 2. The number of rotatable bonds is 2. The number of esters is 1. The molecule has 0 heterocycles. The van der Waals surface area contributed by atoms with E-state index in [2.05, 4.69) is 13.8 Å². The topological polar surface area (TPSA) is 52.6 Å². The molecule has 4 saturated carbocycles. The highest BCUT2D eigenvalue weighted by Gasteiger charge is 2.61. The van der Waals surface area contributed by atoms with E-state index in [1.807, 2.05) is 0 Å². The zero-order chi connectivity index (χ0) is 18.7. The van der Waals surface area contributed by atoms with Gasteiger partial charge in [0.2, 0.25) is 0 Å². The molecule has 0 aliphatic heterocycles. The predicted molar refractivity (Wildman–Crippen MR) is 98.5 cm³/mol. The molecule has 26 heavy (non-hydrogen) atoms. The summed E-state index contributed by atoms with van der Waals surface area (Å²) in [5.74, 6) is 2.68. The smallest absolute Gasteiger partial charge is 0.302 e. The van der Waals surface area contributed by atoms with Crippen molar-refractivity contribution >= 4 is 11.8 Å². The van der Waals surface area contributed by atoms with Gasteiger partial charge in [-0.1, -0.05) is 13.8 Å². The van der Waals surface area contributed by atoms with Gasteiger partial charge in [0.1, 0.15) is 11.9 Å². The zero-order valence-corrected chi connectivity index (χ0v) is 16.8. The number of fused-ring (bicyclic) bond motifs is 5. The Balaban J connectivity index is 1.60. The fourth-order valence-corrected chi connectivity index (χ4v) is 7.71. The molecule has 4 nitrogen and oxygen atoms in total. The number of Topliss-reactive ketones (excluding diaryl/α,β-unsaturated/α-hetero) is 1. The van der Waals surface area contributed by atoms with Gasteiger partial charge in [0, 0.05) is 26.9 Å². The van der Waals surface area contributed by atoms with Crippen molar-refractivity contribution in [3.8, 4) is 0 Å². The number of hydrogen-bond acceptors (Lipinski definition) is 4. The molecule has 0 bridgehead atoms. The Kier molecular flexibility index (Phi) is 4.49. The molecule has 0 saturated heterocycles. The molecular weight excluding hydrogens is 328 g/mol. The number of methoxy groups -OCH3 is 1. The molecule has 4 rings (SSSR count). The maximum Gasteiger partial charge on any atom is 0.302 e. The summed E-state index contributed by atoms with van der Waals surface area (Å²) in [6, 6.07) is 0. The van der Waals surface area contributed by atoms with Gasteiger partial charge in [-0.2, -0.15) is 0 Å². The van der Waals surface area contributed by atoms with Crippen molar-refractivity contribution in [1.29, 1.82) is 0 Å². The van der Waals surface area contributed by atoms with Crippen molar-refractivity contribution in [2.24, 2.45) is 34.5 Å². The van der Waals surface area contributed by atoms with Crippen LogP contribution >= 0.6 is 0 Å². The molecule has 8 atom stereocenters. The first kappa shape index (κ1) is 18.5. The molecular formula is C22H34O4. The van der Waals surface area contributed by atoms with Crippen LogP contribution in [0.5, 0.6) is 0 Å².